The van der Waals surface area contributed by atoms with Crippen molar-refractivity contribution in [1.29, 1.82) is 0 Å². The van der Waals surface area contributed by atoms with Gasteiger partial charge in [0.2, 0.25) is 0 Å². The van der Waals surface area contributed by atoms with Gasteiger partial charge in [-0.05, 0) is 23.8 Å². The Balaban J connectivity index is 2.11. The molecule has 0 heterocycles. The van der Waals surface area contributed by atoms with E-state index in [1.165, 1.54) is 12.1 Å². The van der Waals surface area contributed by atoms with E-state index in [1.807, 2.05) is 30.3 Å². The van der Waals surface area contributed by atoms with Crippen LogP contribution in [0, 0.1) is 10.1 Å². The molecular formula is C15H17N3O3. The molecule has 0 atom stereocenters. The molecular weight excluding hydrogens is 270 g/mol. The standard InChI is InChI=1S/C15H17N3O3/c1-16-12-7-13(9-14(8-12)18(19)20)17-10-11-3-5-15(21-2)6-4-11/h3-9,16-17H,10H2,1-2H3. The summed E-state index contributed by atoms with van der Waals surface area (Å²) in [6, 6.07) is 12.5. The van der Waals surface area contributed by atoms with E-state index in [4.69, 9.17) is 4.74 Å². The van der Waals surface area contributed by atoms with Crippen molar-refractivity contribution in [1.82, 2.24) is 0 Å². The predicted octanol–water partition coefficient (Wildman–Crippen LogP) is 3.26. The number of anilines is 2. The predicted molar refractivity (Wildman–Crippen MR) is 83.0 cm³/mol. The lowest BCUT2D eigenvalue weighted by molar-refractivity contribution is -0.384. The maximum Gasteiger partial charge on any atom is 0.273 e. The summed E-state index contributed by atoms with van der Waals surface area (Å²) < 4.78 is 5.10. The Morgan fingerprint density at radius 3 is 2.38 bits per heavy atom. The largest absolute Gasteiger partial charge is 0.497 e. The van der Waals surface area contributed by atoms with Crippen LogP contribution in [0.4, 0.5) is 17.1 Å². The summed E-state index contributed by atoms with van der Waals surface area (Å²) in [6.07, 6.45) is 0. The molecule has 110 valence electrons. The highest BCUT2D eigenvalue weighted by Crippen LogP contribution is 2.24. The fourth-order valence-corrected chi connectivity index (χ4v) is 1.91. The first-order valence-corrected chi connectivity index (χ1v) is 6.46. The van der Waals surface area contributed by atoms with Gasteiger partial charge in [-0.2, -0.15) is 0 Å². The van der Waals surface area contributed by atoms with E-state index in [1.54, 1.807) is 14.2 Å². The van der Waals surface area contributed by atoms with Crippen molar-refractivity contribution < 1.29 is 9.66 Å². The zero-order valence-electron chi connectivity index (χ0n) is 11.9. The number of rotatable bonds is 6. The molecule has 2 aromatic carbocycles. The summed E-state index contributed by atoms with van der Waals surface area (Å²) in [7, 11) is 3.35. The van der Waals surface area contributed by atoms with Gasteiger partial charge in [-0.3, -0.25) is 10.1 Å². The second-order valence-corrected chi connectivity index (χ2v) is 4.48. The van der Waals surface area contributed by atoms with Crippen molar-refractivity contribution >= 4 is 17.1 Å². The van der Waals surface area contributed by atoms with Gasteiger partial charge >= 0.3 is 0 Å². The maximum absolute atomic E-state index is 10.9. The first-order chi connectivity index (χ1) is 10.1. The number of methoxy groups -OCH3 is 1. The van der Waals surface area contributed by atoms with E-state index >= 15 is 0 Å². The normalized spacial score (nSPS) is 10.0. The van der Waals surface area contributed by atoms with Gasteiger partial charge in [0, 0.05) is 37.1 Å². The minimum absolute atomic E-state index is 0.0547. The molecule has 0 fully saturated rings. The lowest BCUT2D eigenvalue weighted by Gasteiger charge is -2.09. The molecule has 6 heteroatoms. The van der Waals surface area contributed by atoms with E-state index < -0.39 is 4.92 Å². The molecule has 0 saturated carbocycles. The summed E-state index contributed by atoms with van der Waals surface area (Å²) in [5.41, 5.74) is 2.51. The van der Waals surface area contributed by atoms with Gasteiger partial charge in [-0.25, -0.2) is 0 Å². The monoisotopic (exact) mass is 287 g/mol. The first-order valence-electron chi connectivity index (χ1n) is 6.46. The van der Waals surface area contributed by atoms with Crippen LogP contribution in [0.15, 0.2) is 42.5 Å². The van der Waals surface area contributed by atoms with Gasteiger partial charge in [0.05, 0.1) is 12.0 Å². The van der Waals surface area contributed by atoms with Crippen LogP contribution in [0.2, 0.25) is 0 Å². The van der Waals surface area contributed by atoms with Crippen molar-refractivity contribution in [3.05, 3.63) is 58.1 Å². The van der Waals surface area contributed by atoms with Crippen LogP contribution in [-0.4, -0.2) is 19.1 Å². The summed E-state index contributed by atoms with van der Waals surface area (Å²) in [5, 5.41) is 17.0. The van der Waals surface area contributed by atoms with Gasteiger partial charge in [0.25, 0.3) is 5.69 Å². The SMILES string of the molecule is CNc1cc(NCc2ccc(OC)cc2)cc([N+](=O)[O-])c1. The van der Waals surface area contributed by atoms with Crippen LogP contribution >= 0.6 is 0 Å². The molecule has 0 radical (unpaired) electrons. The summed E-state index contributed by atoms with van der Waals surface area (Å²) in [4.78, 5) is 10.5. The van der Waals surface area contributed by atoms with E-state index in [0.717, 1.165) is 11.3 Å². The third-order valence-corrected chi connectivity index (χ3v) is 3.07. The fraction of sp³-hybridized carbons (Fsp3) is 0.200. The van der Waals surface area contributed by atoms with Gasteiger partial charge in [0.1, 0.15) is 5.75 Å². The van der Waals surface area contributed by atoms with E-state index in [0.29, 0.717) is 17.9 Å². The van der Waals surface area contributed by atoms with Crippen LogP contribution in [0.3, 0.4) is 0 Å². The molecule has 0 unspecified atom stereocenters. The smallest absolute Gasteiger partial charge is 0.273 e. The molecule has 0 aliphatic rings. The number of nitrogens with zero attached hydrogens (tertiary/aromatic N) is 1. The number of benzene rings is 2. The highest BCUT2D eigenvalue weighted by molar-refractivity contribution is 5.63. The lowest BCUT2D eigenvalue weighted by Crippen LogP contribution is -2.01. The second-order valence-electron chi connectivity index (χ2n) is 4.48. The van der Waals surface area contributed by atoms with E-state index in [2.05, 4.69) is 10.6 Å². The molecule has 6 nitrogen and oxygen atoms in total. The lowest BCUT2D eigenvalue weighted by atomic mass is 10.2. The zero-order valence-corrected chi connectivity index (χ0v) is 11.9. The Labute approximate surface area is 122 Å². The van der Waals surface area contributed by atoms with Crippen LogP contribution in [0.5, 0.6) is 5.75 Å². The van der Waals surface area contributed by atoms with Crippen molar-refractivity contribution in [2.75, 3.05) is 24.8 Å². The average molecular weight is 287 g/mol. The second kappa shape index (κ2) is 6.60. The molecule has 0 spiro atoms. The van der Waals surface area contributed by atoms with Gasteiger partial charge in [-0.1, -0.05) is 12.1 Å². The average Bonchev–Trinajstić information content (AvgIpc) is 2.53. The van der Waals surface area contributed by atoms with Crippen molar-refractivity contribution in [2.24, 2.45) is 0 Å². The Morgan fingerprint density at radius 1 is 1.14 bits per heavy atom. The molecule has 2 aromatic rings. The van der Waals surface area contributed by atoms with Gasteiger partial charge < -0.3 is 15.4 Å². The minimum Gasteiger partial charge on any atom is -0.497 e. The molecule has 0 aliphatic carbocycles. The van der Waals surface area contributed by atoms with Crippen LogP contribution in [0.25, 0.3) is 0 Å². The fourth-order valence-electron chi connectivity index (χ4n) is 1.91. The Morgan fingerprint density at radius 2 is 1.81 bits per heavy atom. The van der Waals surface area contributed by atoms with E-state index in [9.17, 15) is 10.1 Å². The van der Waals surface area contributed by atoms with Crippen LogP contribution in [-0.2, 0) is 6.54 Å². The molecule has 2 rings (SSSR count). The number of nitro groups is 1. The number of hydrogen-bond donors (Lipinski definition) is 2. The van der Waals surface area contributed by atoms with Gasteiger partial charge in [0.15, 0.2) is 0 Å². The summed E-state index contributed by atoms with van der Waals surface area (Å²) >= 11 is 0. The zero-order chi connectivity index (χ0) is 15.2. The molecule has 0 amide bonds. The van der Waals surface area contributed by atoms with Crippen LogP contribution < -0.4 is 15.4 Å². The molecule has 21 heavy (non-hydrogen) atoms. The van der Waals surface area contributed by atoms with Crippen molar-refractivity contribution in [2.45, 2.75) is 6.54 Å². The minimum atomic E-state index is -0.403. The molecule has 0 aliphatic heterocycles. The third-order valence-electron chi connectivity index (χ3n) is 3.07. The number of nitro benzene ring substituents is 1. The molecule has 0 saturated heterocycles. The molecule has 0 bridgehead atoms. The summed E-state index contributed by atoms with van der Waals surface area (Å²) in [6.45, 7) is 0.578. The maximum atomic E-state index is 10.9. The number of nitrogens with one attached hydrogen (secondary N) is 2. The van der Waals surface area contributed by atoms with Crippen molar-refractivity contribution in [3.8, 4) is 5.75 Å². The molecule has 2 N–H and O–H groups in total. The third kappa shape index (κ3) is 3.85. The van der Waals surface area contributed by atoms with E-state index in [-0.39, 0.29) is 5.69 Å². The quantitative estimate of drug-likeness (QED) is 0.630. The number of ether oxygens (including phenoxy) is 1. The Bertz CT molecular complexity index is 627. The number of non-ortho nitro benzene ring substituents is 1. The number of hydrogen-bond acceptors (Lipinski definition) is 5. The summed E-state index contributed by atoms with van der Waals surface area (Å²) in [5.74, 6) is 0.798. The first kappa shape index (κ1) is 14.6. The van der Waals surface area contributed by atoms with Crippen molar-refractivity contribution in [3.63, 3.8) is 0 Å². The highest BCUT2D eigenvalue weighted by Gasteiger charge is 2.09. The molecule has 0 aromatic heterocycles. The topological polar surface area (TPSA) is 76.4 Å². The Kier molecular flexibility index (Phi) is 4.61. The Hall–Kier alpha value is -2.76. The van der Waals surface area contributed by atoms with Gasteiger partial charge in [-0.15, -0.1) is 0 Å². The van der Waals surface area contributed by atoms with Crippen LogP contribution in [0.1, 0.15) is 5.56 Å². The highest BCUT2D eigenvalue weighted by atomic mass is 16.6.